The Labute approximate surface area is 174 Å². The molecule has 1 fully saturated rings. The largest absolute Gasteiger partial charge is 0.478 e. The molecule has 0 aromatic heterocycles. The second-order valence-corrected chi connectivity index (χ2v) is 5.73. The predicted molar refractivity (Wildman–Crippen MR) is 109 cm³/mol. The lowest BCUT2D eigenvalue weighted by Gasteiger charge is -2.10. The van der Waals surface area contributed by atoms with Crippen LogP contribution >= 0.6 is 0 Å². The van der Waals surface area contributed by atoms with Crippen molar-refractivity contribution in [2.75, 3.05) is 17.2 Å². The number of barbiturate groups is 1. The summed E-state index contributed by atoms with van der Waals surface area (Å²) in [7, 11) is 0. The molecule has 1 heterocycles. The Hall–Kier alpha value is -4.94. The van der Waals surface area contributed by atoms with E-state index >= 15 is 0 Å². The Kier molecular flexibility index (Phi) is 8.21. The molecule has 13 nitrogen and oxygen atoms in total. The van der Waals surface area contributed by atoms with Crippen LogP contribution in [0.5, 0.6) is 0 Å². The van der Waals surface area contributed by atoms with E-state index < -0.39 is 35.5 Å². The van der Waals surface area contributed by atoms with E-state index in [1.54, 1.807) is 34.9 Å². The molecule has 0 saturated carbocycles. The number of nitrogens with one attached hydrogen (secondary N) is 3. The Bertz CT molecular complexity index is 975. The van der Waals surface area contributed by atoms with Crippen molar-refractivity contribution in [1.29, 1.82) is 5.41 Å². The van der Waals surface area contributed by atoms with E-state index in [9.17, 15) is 24.0 Å². The van der Waals surface area contributed by atoms with Crippen molar-refractivity contribution in [2.45, 2.75) is 0 Å². The average Bonchev–Trinajstić information content (AvgIpc) is 2.68. The van der Waals surface area contributed by atoms with Crippen LogP contribution in [0.15, 0.2) is 42.5 Å². The van der Waals surface area contributed by atoms with Crippen LogP contribution in [0.25, 0.3) is 0 Å². The monoisotopic (exact) mass is 430 g/mol. The number of urea groups is 1. The van der Waals surface area contributed by atoms with Gasteiger partial charge in [0.15, 0.2) is 5.71 Å². The molecule has 2 aromatic carbocycles. The number of benzene rings is 2. The van der Waals surface area contributed by atoms with Crippen LogP contribution in [0.4, 0.5) is 21.9 Å². The van der Waals surface area contributed by atoms with E-state index in [1.165, 1.54) is 12.1 Å². The molecule has 2 aromatic rings. The minimum Gasteiger partial charge on any atom is -0.478 e. The maximum Gasteiger partial charge on any atom is 0.335 e. The maximum absolute atomic E-state index is 10.5. The Balaban J connectivity index is 0.000000240. The third kappa shape index (κ3) is 7.90. The lowest BCUT2D eigenvalue weighted by molar-refractivity contribution is -0.119. The van der Waals surface area contributed by atoms with Gasteiger partial charge < -0.3 is 27.4 Å². The van der Waals surface area contributed by atoms with Crippen molar-refractivity contribution < 1.29 is 34.2 Å². The van der Waals surface area contributed by atoms with Crippen molar-refractivity contribution in [2.24, 2.45) is 0 Å². The third-order valence-corrected chi connectivity index (χ3v) is 3.29. The zero-order valence-corrected chi connectivity index (χ0v) is 15.7. The maximum atomic E-state index is 10.5. The normalized spacial score (nSPS) is 12.3. The molecule has 0 spiro atoms. The highest BCUT2D eigenvalue weighted by Crippen LogP contribution is 2.12. The number of aromatic carboxylic acids is 2. The lowest BCUT2D eigenvalue weighted by Crippen LogP contribution is -2.55. The first-order chi connectivity index (χ1) is 14.4. The number of rotatable bonds is 2. The van der Waals surface area contributed by atoms with Crippen molar-refractivity contribution >= 4 is 52.6 Å². The number of nitrogen functional groups attached to an aromatic ring is 3. The summed E-state index contributed by atoms with van der Waals surface area (Å²) in [5.74, 6) is -4.33. The standard InChI is InChI=1S/C8H7NO4.C6H8N2.C4H3N3O3/c9-6-2-4(7(10)11)1-5(3-6)8(12)13;7-5-1-2-6(8)4-3-5;5-1-2(8)6-4(10)7-3(1)9/h1-3H,9H2,(H,10,11)(H,12,13);1-4H,7-8H2;5H,(H2,6,7,8,9,10). The molecule has 0 radical (unpaired) electrons. The van der Waals surface area contributed by atoms with Gasteiger partial charge in [-0.25, -0.2) is 14.4 Å². The summed E-state index contributed by atoms with van der Waals surface area (Å²) in [4.78, 5) is 52.0. The number of carboxylic acid groups (broad SMARTS) is 2. The SMILES string of the molecule is N=C1C(=O)NC(=O)NC1=O.Nc1cc(C(=O)O)cc(C(=O)O)c1.Nc1ccc(N)cc1. The van der Waals surface area contributed by atoms with E-state index in [1.807, 2.05) is 0 Å². The Morgan fingerprint density at radius 2 is 1.06 bits per heavy atom. The van der Waals surface area contributed by atoms with Gasteiger partial charge in [0.05, 0.1) is 11.1 Å². The summed E-state index contributed by atoms with van der Waals surface area (Å²) in [6.45, 7) is 0. The number of carboxylic acids is 2. The number of hydrogen-bond acceptors (Lipinski definition) is 9. The van der Waals surface area contributed by atoms with Crippen LogP contribution in [0.2, 0.25) is 0 Å². The summed E-state index contributed by atoms with van der Waals surface area (Å²) >= 11 is 0. The topological polar surface area (TPSA) is 252 Å². The van der Waals surface area contributed by atoms with Crippen LogP contribution in [0, 0.1) is 5.41 Å². The number of carbonyl (C=O) groups is 5. The molecule has 1 aliphatic heterocycles. The lowest BCUT2D eigenvalue weighted by atomic mass is 10.1. The summed E-state index contributed by atoms with van der Waals surface area (Å²) in [6, 6.07) is 9.67. The smallest absolute Gasteiger partial charge is 0.335 e. The zero-order valence-electron chi connectivity index (χ0n) is 15.7. The zero-order chi connectivity index (χ0) is 23.7. The predicted octanol–water partition coefficient (Wildman–Crippen LogP) is -0.112. The van der Waals surface area contributed by atoms with Gasteiger partial charge in [-0.3, -0.25) is 25.6 Å². The van der Waals surface area contributed by atoms with Crippen molar-refractivity contribution in [3.05, 3.63) is 53.6 Å². The highest BCUT2D eigenvalue weighted by Gasteiger charge is 2.27. The molecule has 31 heavy (non-hydrogen) atoms. The van der Waals surface area contributed by atoms with Crippen LogP contribution in [0.3, 0.4) is 0 Å². The number of nitrogens with two attached hydrogens (primary N) is 3. The summed E-state index contributed by atoms with van der Waals surface area (Å²) in [5, 5.41) is 27.3. The first-order valence-corrected chi connectivity index (χ1v) is 8.14. The molecule has 1 aliphatic rings. The second kappa shape index (κ2) is 10.6. The third-order valence-electron chi connectivity index (χ3n) is 3.29. The quantitative estimate of drug-likeness (QED) is 0.293. The molecule has 13 heteroatoms. The van der Waals surface area contributed by atoms with Gasteiger partial charge in [-0.2, -0.15) is 0 Å². The summed E-state index contributed by atoms with van der Waals surface area (Å²) in [5.41, 5.74) is 16.7. The van der Waals surface area contributed by atoms with E-state index in [4.69, 9.17) is 32.8 Å². The van der Waals surface area contributed by atoms with E-state index in [2.05, 4.69) is 0 Å². The molecule has 0 unspecified atom stereocenters. The molecule has 11 N–H and O–H groups in total. The van der Waals surface area contributed by atoms with Crippen LogP contribution in [-0.4, -0.2) is 45.7 Å². The van der Waals surface area contributed by atoms with Gasteiger partial charge in [0.2, 0.25) is 0 Å². The molecule has 3 rings (SSSR count). The van der Waals surface area contributed by atoms with Crippen LogP contribution in [0.1, 0.15) is 20.7 Å². The number of hydrogen-bond donors (Lipinski definition) is 8. The fourth-order valence-electron chi connectivity index (χ4n) is 1.86. The highest BCUT2D eigenvalue weighted by molar-refractivity contribution is 6.67. The first kappa shape index (κ1) is 24.1. The van der Waals surface area contributed by atoms with Gasteiger partial charge in [-0.1, -0.05) is 0 Å². The number of carbonyl (C=O) groups excluding carboxylic acids is 3. The first-order valence-electron chi connectivity index (χ1n) is 8.14. The molecule has 0 atom stereocenters. The van der Waals surface area contributed by atoms with Gasteiger partial charge in [-0.15, -0.1) is 0 Å². The van der Waals surface area contributed by atoms with E-state index in [-0.39, 0.29) is 16.8 Å². The van der Waals surface area contributed by atoms with Gasteiger partial charge in [-0.05, 0) is 42.5 Å². The molecular weight excluding hydrogens is 412 g/mol. The van der Waals surface area contributed by atoms with Gasteiger partial charge in [0.1, 0.15) is 0 Å². The molecule has 1 saturated heterocycles. The molecule has 162 valence electrons. The second-order valence-electron chi connectivity index (χ2n) is 5.73. The van der Waals surface area contributed by atoms with Gasteiger partial charge >= 0.3 is 18.0 Å². The van der Waals surface area contributed by atoms with Gasteiger partial charge in [0, 0.05) is 17.1 Å². The Morgan fingerprint density at radius 3 is 1.39 bits per heavy atom. The minimum absolute atomic E-state index is 0.123. The minimum atomic E-state index is -1.20. The van der Waals surface area contributed by atoms with E-state index in [0.717, 1.165) is 17.4 Å². The van der Waals surface area contributed by atoms with E-state index in [0.29, 0.717) is 0 Å². The average molecular weight is 430 g/mol. The van der Waals surface area contributed by atoms with Crippen molar-refractivity contribution in [3.63, 3.8) is 0 Å². The number of anilines is 3. The fraction of sp³-hybridized carbons (Fsp3) is 0. The van der Waals surface area contributed by atoms with Crippen molar-refractivity contribution in [1.82, 2.24) is 10.6 Å². The highest BCUT2D eigenvalue weighted by atomic mass is 16.4. The number of amides is 4. The fourth-order valence-corrected chi connectivity index (χ4v) is 1.86. The number of imide groups is 2. The van der Waals surface area contributed by atoms with Gasteiger partial charge in [0.25, 0.3) is 11.8 Å². The molecule has 0 bridgehead atoms. The molecule has 4 amide bonds. The molecule has 0 aliphatic carbocycles. The van der Waals surface area contributed by atoms with Crippen LogP contribution < -0.4 is 27.8 Å². The summed E-state index contributed by atoms with van der Waals surface area (Å²) in [6.07, 6.45) is 0. The summed E-state index contributed by atoms with van der Waals surface area (Å²) < 4.78 is 0. The Morgan fingerprint density at radius 1 is 0.710 bits per heavy atom. The molecular formula is C18H18N6O7. The van der Waals surface area contributed by atoms with Crippen LogP contribution in [-0.2, 0) is 9.59 Å². The van der Waals surface area contributed by atoms with Crippen molar-refractivity contribution in [3.8, 4) is 0 Å².